The molecule has 0 fully saturated rings. The van der Waals surface area contributed by atoms with Crippen molar-refractivity contribution in [1.82, 2.24) is 15.3 Å². The first-order valence-corrected chi connectivity index (χ1v) is 12.2. The van der Waals surface area contributed by atoms with E-state index in [1.807, 2.05) is 31.2 Å². The Hall–Kier alpha value is -5.18. The molecule has 0 spiro atoms. The van der Waals surface area contributed by atoms with Crippen LogP contribution in [-0.4, -0.2) is 34.0 Å². The highest BCUT2D eigenvalue weighted by Gasteiger charge is 2.12. The van der Waals surface area contributed by atoms with Crippen LogP contribution < -0.4 is 20.7 Å². The van der Waals surface area contributed by atoms with Crippen molar-refractivity contribution in [2.45, 2.75) is 19.5 Å². The van der Waals surface area contributed by atoms with E-state index < -0.39 is 0 Å². The molecular formula is C30H29N5O4. The molecule has 1 atom stereocenters. The van der Waals surface area contributed by atoms with Crippen molar-refractivity contribution in [2.75, 3.05) is 17.7 Å². The predicted molar refractivity (Wildman–Crippen MR) is 151 cm³/mol. The largest absolute Gasteiger partial charge is 0.504 e. The summed E-state index contributed by atoms with van der Waals surface area (Å²) in [5, 5.41) is 18.8. The molecule has 0 bridgehead atoms. The van der Waals surface area contributed by atoms with Gasteiger partial charge in [-0.05, 0) is 66.6 Å². The smallest absolute Gasteiger partial charge is 0.255 e. The SMILES string of the molecule is C=CC(=O)NCc1ccc(C(=O)Nc2cccc([C@H](C)Nc3cncc(-c4ccc(O)c(OC)c4)n3)c2)cc1. The molecule has 0 saturated carbocycles. The Balaban J connectivity index is 1.41. The molecule has 3 aromatic carbocycles. The average molecular weight is 524 g/mol. The maximum absolute atomic E-state index is 12.8. The summed E-state index contributed by atoms with van der Waals surface area (Å²) in [5.74, 6) is 0.490. The van der Waals surface area contributed by atoms with Gasteiger partial charge < -0.3 is 25.8 Å². The topological polar surface area (TPSA) is 125 Å². The lowest BCUT2D eigenvalue weighted by atomic mass is 10.1. The van der Waals surface area contributed by atoms with E-state index >= 15 is 0 Å². The zero-order valence-corrected chi connectivity index (χ0v) is 21.6. The normalized spacial score (nSPS) is 11.2. The van der Waals surface area contributed by atoms with Crippen LogP contribution in [-0.2, 0) is 11.3 Å². The number of nitrogens with one attached hydrogen (secondary N) is 3. The molecule has 9 heteroatoms. The van der Waals surface area contributed by atoms with Crippen LogP contribution in [0.5, 0.6) is 11.5 Å². The summed E-state index contributed by atoms with van der Waals surface area (Å²) in [6.07, 6.45) is 4.49. The molecule has 4 N–H and O–H groups in total. The molecule has 0 aliphatic rings. The molecule has 0 aliphatic carbocycles. The van der Waals surface area contributed by atoms with Crippen LogP contribution >= 0.6 is 0 Å². The summed E-state index contributed by atoms with van der Waals surface area (Å²) in [5.41, 5.74) is 4.36. The first-order chi connectivity index (χ1) is 18.9. The van der Waals surface area contributed by atoms with Crippen molar-refractivity contribution >= 4 is 23.3 Å². The standard InChI is InChI=1S/C30H29N5O4/c1-4-29(37)32-16-20-8-10-21(11-9-20)30(38)34-24-7-5-6-22(14-24)19(2)33-28-18-31-17-25(35-28)23-12-13-26(36)27(15-23)39-3/h4-15,17-19,36H,1,16H2,2-3H3,(H,32,37)(H,33,35)(H,34,38)/t19-/m0/s1. The zero-order valence-electron chi connectivity index (χ0n) is 21.6. The molecule has 198 valence electrons. The van der Waals surface area contributed by atoms with E-state index in [0.29, 0.717) is 35.1 Å². The van der Waals surface area contributed by atoms with Crippen LogP contribution in [0.3, 0.4) is 0 Å². The van der Waals surface area contributed by atoms with Gasteiger partial charge in [0.2, 0.25) is 5.91 Å². The number of anilines is 2. The van der Waals surface area contributed by atoms with Gasteiger partial charge in [-0.3, -0.25) is 14.6 Å². The van der Waals surface area contributed by atoms with Gasteiger partial charge >= 0.3 is 0 Å². The molecule has 0 unspecified atom stereocenters. The number of phenolic OH excluding ortho intramolecular Hbond substituents is 1. The number of aromatic hydroxyl groups is 1. The number of phenols is 1. The summed E-state index contributed by atoms with van der Waals surface area (Å²) < 4.78 is 5.19. The van der Waals surface area contributed by atoms with Crippen LogP contribution in [0, 0.1) is 0 Å². The van der Waals surface area contributed by atoms with E-state index in [0.717, 1.165) is 16.7 Å². The Kier molecular flexibility index (Phi) is 8.53. The summed E-state index contributed by atoms with van der Waals surface area (Å²) in [6, 6.07) is 19.4. The minimum atomic E-state index is -0.252. The summed E-state index contributed by atoms with van der Waals surface area (Å²) in [7, 11) is 1.49. The number of carbonyl (C=O) groups excluding carboxylic acids is 2. The predicted octanol–water partition coefficient (Wildman–Crippen LogP) is 5.09. The van der Waals surface area contributed by atoms with Crippen LogP contribution in [0.1, 0.15) is 34.5 Å². The molecule has 2 amide bonds. The van der Waals surface area contributed by atoms with E-state index in [4.69, 9.17) is 4.74 Å². The van der Waals surface area contributed by atoms with Crippen molar-refractivity contribution in [3.8, 4) is 22.8 Å². The van der Waals surface area contributed by atoms with Gasteiger partial charge in [0.1, 0.15) is 5.82 Å². The van der Waals surface area contributed by atoms with E-state index in [1.54, 1.807) is 54.9 Å². The van der Waals surface area contributed by atoms with Crippen molar-refractivity contribution in [2.24, 2.45) is 0 Å². The third-order valence-corrected chi connectivity index (χ3v) is 5.99. The highest BCUT2D eigenvalue weighted by atomic mass is 16.5. The molecule has 39 heavy (non-hydrogen) atoms. The quantitative estimate of drug-likeness (QED) is 0.214. The van der Waals surface area contributed by atoms with Gasteiger partial charge in [0.15, 0.2) is 11.5 Å². The second kappa shape index (κ2) is 12.4. The summed E-state index contributed by atoms with van der Waals surface area (Å²) in [4.78, 5) is 33.1. The van der Waals surface area contributed by atoms with Gasteiger partial charge in [-0.1, -0.05) is 30.8 Å². The molecule has 0 aliphatic heterocycles. The lowest BCUT2D eigenvalue weighted by Gasteiger charge is -2.17. The zero-order chi connectivity index (χ0) is 27.8. The van der Waals surface area contributed by atoms with Gasteiger partial charge in [-0.15, -0.1) is 0 Å². The number of methoxy groups -OCH3 is 1. The van der Waals surface area contributed by atoms with Gasteiger partial charge in [0.25, 0.3) is 5.91 Å². The fraction of sp³-hybridized carbons (Fsp3) is 0.133. The number of aromatic nitrogens is 2. The van der Waals surface area contributed by atoms with E-state index in [-0.39, 0.29) is 23.6 Å². The number of carbonyl (C=O) groups is 2. The second-order valence-corrected chi connectivity index (χ2v) is 8.74. The summed E-state index contributed by atoms with van der Waals surface area (Å²) >= 11 is 0. The third-order valence-electron chi connectivity index (χ3n) is 5.99. The maximum atomic E-state index is 12.8. The minimum Gasteiger partial charge on any atom is -0.504 e. The Morgan fingerprint density at radius 1 is 1.08 bits per heavy atom. The van der Waals surface area contributed by atoms with Gasteiger partial charge in [-0.2, -0.15) is 0 Å². The molecular weight excluding hydrogens is 494 g/mol. The first kappa shape index (κ1) is 26.9. The fourth-order valence-electron chi connectivity index (χ4n) is 3.84. The number of benzene rings is 3. The van der Waals surface area contributed by atoms with E-state index in [9.17, 15) is 14.7 Å². The number of amides is 2. The van der Waals surface area contributed by atoms with Crippen molar-refractivity contribution in [1.29, 1.82) is 0 Å². The Bertz CT molecular complexity index is 1490. The molecule has 1 aromatic heterocycles. The van der Waals surface area contributed by atoms with Crippen LogP contribution in [0.4, 0.5) is 11.5 Å². The number of nitrogens with zero attached hydrogens (tertiary/aromatic N) is 2. The van der Waals surface area contributed by atoms with Crippen molar-refractivity contribution in [3.05, 3.63) is 108 Å². The number of rotatable bonds is 10. The van der Waals surface area contributed by atoms with Crippen LogP contribution in [0.2, 0.25) is 0 Å². The van der Waals surface area contributed by atoms with Gasteiger partial charge in [0, 0.05) is 23.4 Å². The van der Waals surface area contributed by atoms with Crippen LogP contribution in [0.25, 0.3) is 11.3 Å². The average Bonchev–Trinajstić information content (AvgIpc) is 2.96. The highest BCUT2D eigenvalue weighted by Crippen LogP contribution is 2.31. The lowest BCUT2D eigenvalue weighted by molar-refractivity contribution is -0.116. The van der Waals surface area contributed by atoms with Crippen molar-refractivity contribution < 1.29 is 19.4 Å². The Morgan fingerprint density at radius 3 is 2.62 bits per heavy atom. The number of hydrogen-bond donors (Lipinski definition) is 4. The number of hydrogen-bond acceptors (Lipinski definition) is 7. The van der Waals surface area contributed by atoms with Gasteiger partial charge in [-0.25, -0.2) is 4.98 Å². The first-order valence-electron chi connectivity index (χ1n) is 12.2. The Morgan fingerprint density at radius 2 is 1.87 bits per heavy atom. The van der Waals surface area contributed by atoms with Crippen LogP contribution in [0.15, 0.2) is 91.8 Å². The monoisotopic (exact) mass is 523 g/mol. The molecule has 9 nitrogen and oxygen atoms in total. The molecule has 4 rings (SSSR count). The lowest BCUT2D eigenvalue weighted by Crippen LogP contribution is -2.20. The fourth-order valence-corrected chi connectivity index (χ4v) is 3.84. The highest BCUT2D eigenvalue weighted by molar-refractivity contribution is 6.04. The number of ether oxygens (including phenoxy) is 1. The molecule has 0 saturated heterocycles. The minimum absolute atomic E-state index is 0.0512. The second-order valence-electron chi connectivity index (χ2n) is 8.74. The van der Waals surface area contributed by atoms with Gasteiger partial charge in [0.05, 0.1) is 31.2 Å². The molecule has 0 radical (unpaired) electrons. The molecule has 4 aromatic rings. The van der Waals surface area contributed by atoms with E-state index in [2.05, 4.69) is 32.5 Å². The Labute approximate surface area is 226 Å². The third kappa shape index (κ3) is 6.98. The maximum Gasteiger partial charge on any atom is 0.255 e. The van der Waals surface area contributed by atoms with Crippen molar-refractivity contribution in [3.63, 3.8) is 0 Å². The molecule has 1 heterocycles. The van der Waals surface area contributed by atoms with E-state index in [1.165, 1.54) is 13.2 Å². The summed E-state index contributed by atoms with van der Waals surface area (Å²) in [6.45, 7) is 5.77.